The number of aromatic nitrogens is 2. The Hall–Kier alpha value is -2.28. The maximum absolute atomic E-state index is 5.47. The summed E-state index contributed by atoms with van der Waals surface area (Å²) in [5.41, 5.74) is 6.10. The standard InChI is InChI=1S/C13H17N3O4/c1-17-9-5-4-8(11(18-2)12(9)19-3)13-15-10(6-7-14)16-20-13/h4-5H,6-7,14H2,1-3H3. The molecule has 20 heavy (non-hydrogen) atoms. The van der Waals surface area contributed by atoms with Crippen LogP contribution in [0.2, 0.25) is 0 Å². The lowest BCUT2D eigenvalue weighted by Crippen LogP contribution is -2.03. The van der Waals surface area contributed by atoms with E-state index in [0.29, 0.717) is 47.5 Å². The molecule has 7 nitrogen and oxygen atoms in total. The van der Waals surface area contributed by atoms with Gasteiger partial charge in [-0.3, -0.25) is 0 Å². The lowest BCUT2D eigenvalue weighted by Gasteiger charge is -2.13. The van der Waals surface area contributed by atoms with E-state index in [1.165, 1.54) is 14.2 Å². The van der Waals surface area contributed by atoms with Gasteiger partial charge in [-0.05, 0) is 18.7 Å². The molecule has 2 N–H and O–H groups in total. The first-order valence-electron chi connectivity index (χ1n) is 6.07. The molecule has 0 spiro atoms. The van der Waals surface area contributed by atoms with E-state index in [1.54, 1.807) is 19.2 Å². The fourth-order valence-corrected chi connectivity index (χ4v) is 1.86. The zero-order valence-electron chi connectivity index (χ0n) is 11.7. The Bertz CT molecular complexity index is 583. The van der Waals surface area contributed by atoms with Gasteiger partial charge in [-0.15, -0.1) is 0 Å². The fourth-order valence-electron chi connectivity index (χ4n) is 1.86. The van der Waals surface area contributed by atoms with Crippen molar-refractivity contribution in [3.8, 4) is 28.7 Å². The number of nitrogens with two attached hydrogens (primary N) is 1. The minimum Gasteiger partial charge on any atom is -0.493 e. The number of benzene rings is 1. The van der Waals surface area contributed by atoms with E-state index in [9.17, 15) is 0 Å². The van der Waals surface area contributed by atoms with Gasteiger partial charge < -0.3 is 24.5 Å². The molecule has 0 saturated heterocycles. The Morgan fingerprint density at radius 1 is 1.10 bits per heavy atom. The van der Waals surface area contributed by atoms with E-state index < -0.39 is 0 Å². The second kappa shape index (κ2) is 6.25. The van der Waals surface area contributed by atoms with Crippen molar-refractivity contribution in [3.05, 3.63) is 18.0 Å². The smallest absolute Gasteiger partial charge is 0.261 e. The highest BCUT2D eigenvalue weighted by molar-refractivity contribution is 5.71. The Balaban J connectivity index is 2.49. The van der Waals surface area contributed by atoms with Gasteiger partial charge in [0.1, 0.15) is 0 Å². The van der Waals surface area contributed by atoms with E-state index >= 15 is 0 Å². The first-order chi connectivity index (χ1) is 9.74. The molecule has 1 aromatic heterocycles. The maximum atomic E-state index is 5.47. The van der Waals surface area contributed by atoms with Gasteiger partial charge in [0.15, 0.2) is 17.3 Å². The number of ether oxygens (including phenoxy) is 3. The highest BCUT2D eigenvalue weighted by atomic mass is 16.5. The summed E-state index contributed by atoms with van der Waals surface area (Å²) >= 11 is 0. The number of rotatable bonds is 6. The van der Waals surface area contributed by atoms with Crippen molar-refractivity contribution in [3.63, 3.8) is 0 Å². The van der Waals surface area contributed by atoms with Crippen molar-refractivity contribution in [2.45, 2.75) is 6.42 Å². The number of hydrogen-bond acceptors (Lipinski definition) is 7. The largest absolute Gasteiger partial charge is 0.493 e. The van der Waals surface area contributed by atoms with Gasteiger partial charge in [0, 0.05) is 6.42 Å². The Kier molecular flexibility index (Phi) is 4.41. The summed E-state index contributed by atoms with van der Waals surface area (Å²) in [4.78, 5) is 4.28. The molecule has 7 heteroatoms. The Morgan fingerprint density at radius 2 is 1.85 bits per heavy atom. The summed E-state index contributed by atoms with van der Waals surface area (Å²) < 4.78 is 21.1. The molecule has 0 saturated carbocycles. The molecular formula is C13H17N3O4. The molecule has 108 valence electrons. The monoisotopic (exact) mass is 279 g/mol. The first-order valence-corrected chi connectivity index (χ1v) is 6.07. The lowest BCUT2D eigenvalue weighted by atomic mass is 10.1. The molecule has 0 unspecified atom stereocenters. The minimum atomic E-state index is 0.353. The third kappa shape index (κ3) is 2.53. The van der Waals surface area contributed by atoms with Gasteiger partial charge >= 0.3 is 0 Å². The average molecular weight is 279 g/mol. The first kappa shape index (κ1) is 14.1. The zero-order valence-corrected chi connectivity index (χ0v) is 11.7. The quantitative estimate of drug-likeness (QED) is 0.850. The summed E-state index contributed by atoms with van der Waals surface area (Å²) in [6.45, 7) is 0.460. The normalized spacial score (nSPS) is 10.4. The molecule has 1 heterocycles. The van der Waals surface area contributed by atoms with Gasteiger partial charge in [-0.2, -0.15) is 4.98 Å². The van der Waals surface area contributed by atoms with Crippen molar-refractivity contribution < 1.29 is 18.7 Å². The van der Waals surface area contributed by atoms with Crippen LogP contribution in [0.4, 0.5) is 0 Å². The van der Waals surface area contributed by atoms with Gasteiger partial charge in [0.05, 0.1) is 26.9 Å². The third-order valence-corrected chi connectivity index (χ3v) is 2.77. The lowest BCUT2D eigenvalue weighted by molar-refractivity contribution is 0.324. The van der Waals surface area contributed by atoms with E-state index in [4.69, 9.17) is 24.5 Å². The van der Waals surface area contributed by atoms with Crippen LogP contribution in [0.5, 0.6) is 17.2 Å². The van der Waals surface area contributed by atoms with Gasteiger partial charge in [-0.1, -0.05) is 5.16 Å². The van der Waals surface area contributed by atoms with Crippen LogP contribution in [0.1, 0.15) is 5.82 Å². The van der Waals surface area contributed by atoms with Crippen LogP contribution in [0.3, 0.4) is 0 Å². The van der Waals surface area contributed by atoms with E-state index in [-0.39, 0.29) is 0 Å². The Labute approximate surface area is 116 Å². The fraction of sp³-hybridized carbons (Fsp3) is 0.385. The maximum Gasteiger partial charge on any atom is 0.261 e. The SMILES string of the molecule is COc1ccc(-c2nc(CCN)no2)c(OC)c1OC. The number of hydrogen-bond donors (Lipinski definition) is 1. The molecule has 0 atom stereocenters. The molecule has 0 amide bonds. The Morgan fingerprint density at radius 3 is 2.45 bits per heavy atom. The van der Waals surface area contributed by atoms with Crippen LogP contribution in [0, 0.1) is 0 Å². The van der Waals surface area contributed by atoms with E-state index in [0.717, 1.165) is 0 Å². The van der Waals surface area contributed by atoms with Gasteiger partial charge in [-0.25, -0.2) is 0 Å². The van der Waals surface area contributed by atoms with E-state index in [2.05, 4.69) is 10.1 Å². The van der Waals surface area contributed by atoms with Crippen molar-refractivity contribution in [1.82, 2.24) is 10.1 Å². The van der Waals surface area contributed by atoms with Crippen molar-refractivity contribution in [2.75, 3.05) is 27.9 Å². The molecule has 2 aromatic rings. The van der Waals surface area contributed by atoms with E-state index in [1.807, 2.05) is 0 Å². The molecule has 0 aliphatic heterocycles. The third-order valence-electron chi connectivity index (χ3n) is 2.77. The summed E-state index contributed by atoms with van der Waals surface area (Å²) in [6.07, 6.45) is 0.555. The highest BCUT2D eigenvalue weighted by Gasteiger charge is 2.20. The summed E-state index contributed by atoms with van der Waals surface area (Å²) in [6, 6.07) is 3.53. The highest BCUT2D eigenvalue weighted by Crippen LogP contribution is 2.43. The molecule has 1 aromatic carbocycles. The molecule has 2 rings (SSSR count). The second-order valence-electron chi connectivity index (χ2n) is 3.94. The topological polar surface area (TPSA) is 92.6 Å². The predicted molar refractivity (Wildman–Crippen MR) is 72.1 cm³/mol. The van der Waals surface area contributed by atoms with Crippen LogP contribution in [-0.2, 0) is 6.42 Å². The molecule has 0 aliphatic carbocycles. The molecule has 0 bridgehead atoms. The molecular weight excluding hydrogens is 262 g/mol. The van der Waals surface area contributed by atoms with Crippen LogP contribution in [0.25, 0.3) is 11.5 Å². The summed E-state index contributed by atoms with van der Waals surface area (Å²) in [5, 5.41) is 3.86. The number of nitrogens with zero attached hydrogens (tertiary/aromatic N) is 2. The summed E-state index contributed by atoms with van der Waals surface area (Å²) in [7, 11) is 4.64. The molecule has 0 fully saturated rings. The average Bonchev–Trinajstić information content (AvgIpc) is 2.94. The van der Waals surface area contributed by atoms with Crippen LogP contribution in [-0.4, -0.2) is 38.0 Å². The van der Waals surface area contributed by atoms with Gasteiger partial charge in [0.25, 0.3) is 5.89 Å². The van der Waals surface area contributed by atoms with Crippen molar-refractivity contribution in [1.29, 1.82) is 0 Å². The number of methoxy groups -OCH3 is 3. The van der Waals surface area contributed by atoms with Crippen molar-refractivity contribution >= 4 is 0 Å². The van der Waals surface area contributed by atoms with Crippen molar-refractivity contribution in [2.24, 2.45) is 5.73 Å². The summed E-state index contributed by atoms with van der Waals surface area (Å²) in [5.74, 6) is 2.43. The van der Waals surface area contributed by atoms with Crippen LogP contribution in [0.15, 0.2) is 16.7 Å². The van der Waals surface area contributed by atoms with Gasteiger partial charge in [0.2, 0.25) is 5.75 Å². The zero-order chi connectivity index (χ0) is 14.5. The molecule has 0 radical (unpaired) electrons. The van der Waals surface area contributed by atoms with Crippen LogP contribution < -0.4 is 19.9 Å². The minimum absolute atomic E-state index is 0.353. The van der Waals surface area contributed by atoms with Crippen LogP contribution >= 0.6 is 0 Å². The molecule has 0 aliphatic rings. The predicted octanol–water partition coefficient (Wildman–Crippen LogP) is 1.26. The second-order valence-corrected chi connectivity index (χ2v) is 3.94.